The van der Waals surface area contributed by atoms with E-state index in [0.29, 0.717) is 6.20 Å². The van der Waals surface area contributed by atoms with Crippen molar-refractivity contribution in [2.45, 2.75) is 11.2 Å². The van der Waals surface area contributed by atoms with Gasteiger partial charge >= 0.3 is 6.18 Å². The summed E-state index contributed by atoms with van der Waals surface area (Å²) < 4.78 is 37.4. The lowest BCUT2D eigenvalue weighted by Crippen LogP contribution is -2.15. The Bertz CT molecular complexity index is 774. The zero-order chi connectivity index (χ0) is 18.8. The largest absolute Gasteiger partial charge is 0.417 e. The van der Waals surface area contributed by atoms with Crippen LogP contribution in [0.1, 0.15) is 5.56 Å². The Kier molecular flexibility index (Phi) is 6.73. The second-order valence-electron chi connectivity index (χ2n) is 4.56. The van der Waals surface area contributed by atoms with Crippen molar-refractivity contribution in [3.63, 3.8) is 0 Å². The number of nitrogens with zero attached hydrogens (tertiary/aromatic N) is 1. The summed E-state index contributed by atoms with van der Waals surface area (Å²) in [7, 11) is 0. The summed E-state index contributed by atoms with van der Waals surface area (Å²) in [5.74, 6) is -0.636. The molecule has 0 unspecified atom stereocenters. The van der Waals surface area contributed by atoms with E-state index in [4.69, 9.17) is 46.4 Å². The van der Waals surface area contributed by atoms with Gasteiger partial charge in [0, 0.05) is 6.20 Å². The van der Waals surface area contributed by atoms with Gasteiger partial charge in [0.05, 0.1) is 42.1 Å². The predicted molar refractivity (Wildman–Crippen MR) is 95.1 cm³/mol. The number of benzene rings is 1. The lowest BCUT2D eigenvalue weighted by molar-refractivity contribution is -0.137. The van der Waals surface area contributed by atoms with Crippen LogP contribution in [0.3, 0.4) is 0 Å². The fraction of sp³-hybridized carbons (Fsp3) is 0.143. The Hall–Kier alpha value is -0.860. The highest BCUT2D eigenvalue weighted by Gasteiger charge is 2.30. The van der Waals surface area contributed by atoms with E-state index in [1.54, 1.807) is 0 Å². The van der Waals surface area contributed by atoms with Gasteiger partial charge in [0.1, 0.15) is 0 Å². The lowest BCUT2D eigenvalue weighted by atomic mass is 10.3. The number of carbonyl (C=O) groups excluding carboxylic acids is 1. The average Bonchev–Trinajstić information content (AvgIpc) is 2.54. The summed E-state index contributed by atoms with van der Waals surface area (Å²) in [5.41, 5.74) is -0.805. The van der Waals surface area contributed by atoms with Gasteiger partial charge in [-0.1, -0.05) is 58.2 Å². The summed E-state index contributed by atoms with van der Waals surface area (Å²) in [4.78, 5) is 15.7. The van der Waals surface area contributed by atoms with E-state index < -0.39 is 17.6 Å². The zero-order valence-corrected chi connectivity index (χ0v) is 15.8. The van der Waals surface area contributed by atoms with Crippen molar-refractivity contribution >= 4 is 69.8 Å². The summed E-state index contributed by atoms with van der Waals surface area (Å²) in [6.45, 7) is 0. The van der Waals surface area contributed by atoms with Gasteiger partial charge in [-0.2, -0.15) is 13.2 Å². The highest BCUT2D eigenvalue weighted by Crippen LogP contribution is 2.41. The van der Waals surface area contributed by atoms with Crippen molar-refractivity contribution in [1.82, 2.24) is 4.98 Å². The minimum absolute atomic E-state index is 0.0297. The van der Waals surface area contributed by atoms with Gasteiger partial charge in [0.2, 0.25) is 5.91 Å². The predicted octanol–water partition coefficient (Wildman–Crippen LogP) is 6.44. The van der Waals surface area contributed by atoms with Gasteiger partial charge in [0.25, 0.3) is 0 Å². The lowest BCUT2D eigenvalue weighted by Gasteiger charge is -2.11. The highest BCUT2D eigenvalue weighted by atomic mass is 35.5. The average molecular weight is 450 g/mol. The zero-order valence-electron chi connectivity index (χ0n) is 11.9. The van der Waals surface area contributed by atoms with Crippen LogP contribution in [0.15, 0.2) is 29.4 Å². The number of thioether (sulfide) groups is 1. The van der Waals surface area contributed by atoms with E-state index in [-0.39, 0.29) is 36.6 Å². The molecular weight excluding hydrogens is 443 g/mol. The number of anilines is 1. The molecule has 3 nitrogen and oxygen atoms in total. The standard InChI is InChI=1S/C14H7Cl4F3N2OS/c15-7-3-8(16)12(18)13(11(7)17)23-9(24)5-25-10-2-1-6(4-22-10)14(19,20)21/h1-4H,5H2,(H,23,24). The summed E-state index contributed by atoms with van der Waals surface area (Å²) in [6.07, 6.45) is -3.77. The van der Waals surface area contributed by atoms with Gasteiger partial charge in [0.15, 0.2) is 0 Å². The van der Waals surface area contributed by atoms with Crippen molar-refractivity contribution in [2.75, 3.05) is 11.1 Å². The molecule has 2 aromatic rings. The van der Waals surface area contributed by atoms with Crippen LogP contribution in [-0.4, -0.2) is 16.6 Å². The SMILES string of the molecule is O=C(CSc1ccc(C(F)(F)F)cn1)Nc1c(Cl)c(Cl)cc(Cl)c1Cl. The minimum Gasteiger partial charge on any atom is -0.323 e. The molecule has 0 atom stereocenters. The van der Waals surface area contributed by atoms with E-state index in [9.17, 15) is 18.0 Å². The first-order chi connectivity index (χ1) is 11.6. The Morgan fingerprint density at radius 1 is 1.12 bits per heavy atom. The van der Waals surface area contributed by atoms with E-state index in [0.717, 1.165) is 17.8 Å². The van der Waals surface area contributed by atoms with Crippen LogP contribution >= 0.6 is 58.2 Å². The molecule has 0 aliphatic heterocycles. The number of aromatic nitrogens is 1. The fourth-order valence-corrected chi connectivity index (χ4v) is 3.18. The highest BCUT2D eigenvalue weighted by molar-refractivity contribution is 7.99. The molecule has 0 aliphatic carbocycles. The summed E-state index contributed by atoms with van der Waals surface area (Å²) >= 11 is 24.6. The van der Waals surface area contributed by atoms with Crippen molar-refractivity contribution in [1.29, 1.82) is 0 Å². The Morgan fingerprint density at radius 2 is 1.72 bits per heavy atom. The molecule has 1 N–H and O–H groups in total. The molecule has 0 bridgehead atoms. The van der Waals surface area contributed by atoms with Crippen LogP contribution in [0.2, 0.25) is 20.1 Å². The third-order valence-electron chi connectivity index (χ3n) is 2.79. The van der Waals surface area contributed by atoms with Crippen LogP contribution in [0.5, 0.6) is 0 Å². The number of amides is 1. The maximum absolute atomic E-state index is 12.5. The number of alkyl halides is 3. The summed E-state index contributed by atoms with van der Waals surface area (Å²) in [6, 6.07) is 3.40. The first kappa shape index (κ1) is 20.5. The molecule has 1 amide bonds. The number of hydrogen-bond acceptors (Lipinski definition) is 3. The molecule has 1 aromatic carbocycles. The maximum atomic E-state index is 12.5. The molecule has 25 heavy (non-hydrogen) atoms. The molecule has 0 saturated heterocycles. The maximum Gasteiger partial charge on any atom is 0.417 e. The van der Waals surface area contributed by atoms with E-state index >= 15 is 0 Å². The van der Waals surface area contributed by atoms with Gasteiger partial charge < -0.3 is 5.32 Å². The third kappa shape index (κ3) is 5.31. The fourth-order valence-electron chi connectivity index (χ4n) is 1.63. The minimum atomic E-state index is -4.47. The number of halogens is 7. The molecule has 0 aliphatic rings. The van der Waals surface area contributed by atoms with Crippen LogP contribution < -0.4 is 5.32 Å². The van der Waals surface area contributed by atoms with Crippen molar-refractivity contribution < 1.29 is 18.0 Å². The monoisotopic (exact) mass is 448 g/mol. The first-order valence-electron chi connectivity index (χ1n) is 6.38. The Labute approximate surface area is 164 Å². The van der Waals surface area contributed by atoms with Crippen molar-refractivity contribution in [2.24, 2.45) is 0 Å². The van der Waals surface area contributed by atoms with Crippen LogP contribution in [0, 0.1) is 0 Å². The van der Waals surface area contributed by atoms with Crippen LogP contribution in [0.4, 0.5) is 18.9 Å². The van der Waals surface area contributed by atoms with Gasteiger partial charge in [-0.25, -0.2) is 4.98 Å². The number of carbonyl (C=O) groups is 1. The molecule has 0 spiro atoms. The number of pyridine rings is 1. The van der Waals surface area contributed by atoms with Crippen molar-refractivity contribution in [3.8, 4) is 0 Å². The van der Waals surface area contributed by atoms with E-state index in [2.05, 4.69) is 10.3 Å². The molecule has 0 radical (unpaired) electrons. The molecule has 1 heterocycles. The molecular formula is C14H7Cl4F3N2OS. The van der Waals surface area contributed by atoms with Gasteiger partial charge in [-0.05, 0) is 18.2 Å². The topological polar surface area (TPSA) is 42.0 Å². The third-order valence-corrected chi connectivity index (χ3v) is 5.31. The van der Waals surface area contributed by atoms with E-state index in [1.807, 2.05) is 0 Å². The van der Waals surface area contributed by atoms with Crippen molar-refractivity contribution in [3.05, 3.63) is 50.0 Å². The number of nitrogens with one attached hydrogen (secondary N) is 1. The molecule has 0 saturated carbocycles. The first-order valence-corrected chi connectivity index (χ1v) is 8.88. The molecule has 2 rings (SSSR count). The number of hydrogen-bond donors (Lipinski definition) is 1. The second kappa shape index (κ2) is 8.22. The van der Waals surface area contributed by atoms with Gasteiger partial charge in [-0.15, -0.1) is 0 Å². The second-order valence-corrected chi connectivity index (χ2v) is 7.13. The smallest absolute Gasteiger partial charge is 0.323 e. The normalized spacial score (nSPS) is 11.5. The Balaban J connectivity index is 2.02. The van der Waals surface area contributed by atoms with E-state index in [1.165, 1.54) is 12.1 Å². The van der Waals surface area contributed by atoms with Crippen LogP contribution in [0.25, 0.3) is 0 Å². The molecule has 1 aromatic heterocycles. The van der Waals surface area contributed by atoms with Crippen LogP contribution in [-0.2, 0) is 11.0 Å². The number of rotatable bonds is 4. The van der Waals surface area contributed by atoms with Gasteiger partial charge in [-0.3, -0.25) is 4.79 Å². The molecule has 134 valence electrons. The Morgan fingerprint density at radius 3 is 2.20 bits per heavy atom. The summed E-state index contributed by atoms with van der Waals surface area (Å²) in [5, 5.41) is 3.01. The quantitative estimate of drug-likeness (QED) is 0.431. The molecule has 0 fully saturated rings. The molecule has 11 heteroatoms.